The van der Waals surface area contributed by atoms with Gasteiger partial charge in [0.2, 0.25) is 0 Å². The van der Waals surface area contributed by atoms with Gasteiger partial charge in [0.15, 0.2) is 0 Å². The molecule has 2 aliphatic rings. The molecule has 1 saturated heterocycles. The zero-order valence-corrected chi connectivity index (χ0v) is 13.5. The number of sulfone groups is 1. The van der Waals surface area contributed by atoms with Gasteiger partial charge in [-0.05, 0) is 25.2 Å². The molecule has 2 atom stereocenters. The van der Waals surface area contributed by atoms with Crippen LogP contribution >= 0.6 is 0 Å². The summed E-state index contributed by atoms with van der Waals surface area (Å²) in [6.45, 7) is 4.03. The Morgan fingerprint density at radius 3 is 2.71 bits per heavy atom. The van der Waals surface area contributed by atoms with Crippen molar-refractivity contribution in [3.05, 3.63) is 0 Å². The Bertz CT molecular complexity index is 531. The van der Waals surface area contributed by atoms with Gasteiger partial charge in [0, 0.05) is 12.3 Å². The highest BCUT2D eigenvalue weighted by atomic mass is 32.2. The molecule has 1 heterocycles. The second-order valence-electron chi connectivity index (χ2n) is 6.23. The van der Waals surface area contributed by atoms with E-state index in [0.29, 0.717) is 31.7 Å². The van der Waals surface area contributed by atoms with Gasteiger partial charge in [-0.3, -0.25) is 10.1 Å². The first-order chi connectivity index (χ1) is 9.81. The summed E-state index contributed by atoms with van der Waals surface area (Å²) in [7, 11) is -3.04. The molecular formula is C14H24N2O4S. The molecule has 0 bridgehead atoms. The highest BCUT2D eigenvalue weighted by Crippen LogP contribution is 2.39. The molecule has 21 heavy (non-hydrogen) atoms. The summed E-state index contributed by atoms with van der Waals surface area (Å²) in [5.74, 6) is 0.364. The summed E-state index contributed by atoms with van der Waals surface area (Å²) < 4.78 is 23.1. The van der Waals surface area contributed by atoms with Crippen LogP contribution in [0.15, 0.2) is 0 Å². The first-order valence-corrected chi connectivity index (χ1v) is 9.46. The third-order valence-electron chi connectivity index (χ3n) is 4.66. The number of hydrogen-bond donors (Lipinski definition) is 1. The third kappa shape index (κ3) is 3.22. The van der Waals surface area contributed by atoms with Crippen LogP contribution in [0.25, 0.3) is 0 Å². The summed E-state index contributed by atoms with van der Waals surface area (Å²) in [4.78, 5) is 25.9. The van der Waals surface area contributed by atoms with Crippen molar-refractivity contribution in [1.82, 2.24) is 10.2 Å². The molecule has 0 radical (unpaired) electrons. The fourth-order valence-electron chi connectivity index (χ4n) is 3.48. The maximum atomic E-state index is 12.2. The lowest BCUT2D eigenvalue weighted by Crippen LogP contribution is -2.52. The van der Waals surface area contributed by atoms with Crippen LogP contribution in [0.4, 0.5) is 4.79 Å². The molecule has 2 rings (SSSR count). The molecule has 1 aliphatic heterocycles. The monoisotopic (exact) mass is 316 g/mol. The van der Waals surface area contributed by atoms with Crippen LogP contribution in [-0.2, 0) is 14.6 Å². The lowest BCUT2D eigenvalue weighted by Gasteiger charge is -2.40. The predicted octanol–water partition coefficient (Wildman–Crippen LogP) is 1.31. The maximum absolute atomic E-state index is 12.2. The fourth-order valence-corrected chi connectivity index (χ4v) is 4.33. The van der Waals surface area contributed by atoms with Crippen LogP contribution in [0.3, 0.4) is 0 Å². The molecule has 3 amide bonds. The number of hydrogen-bond acceptors (Lipinski definition) is 4. The fraction of sp³-hybridized carbons (Fsp3) is 0.857. The van der Waals surface area contributed by atoms with Crippen LogP contribution in [0.1, 0.15) is 46.0 Å². The van der Waals surface area contributed by atoms with Gasteiger partial charge in [0.25, 0.3) is 5.91 Å². The van der Waals surface area contributed by atoms with E-state index in [1.54, 1.807) is 11.8 Å². The summed E-state index contributed by atoms with van der Waals surface area (Å²) in [5, 5.41) is 2.41. The summed E-state index contributed by atoms with van der Waals surface area (Å²) in [6.07, 6.45) is 3.72. The second kappa shape index (κ2) is 5.94. The second-order valence-corrected chi connectivity index (χ2v) is 8.71. The van der Waals surface area contributed by atoms with Gasteiger partial charge in [-0.2, -0.15) is 0 Å². The molecule has 1 spiro atoms. The number of carbonyl (C=O) groups excluding carboxylic acids is 2. The minimum absolute atomic E-state index is 0.0626. The van der Waals surface area contributed by atoms with Crippen molar-refractivity contribution in [2.24, 2.45) is 5.92 Å². The van der Waals surface area contributed by atoms with E-state index in [-0.39, 0.29) is 23.4 Å². The lowest BCUT2D eigenvalue weighted by molar-refractivity contribution is -0.129. The Morgan fingerprint density at radius 2 is 2.10 bits per heavy atom. The number of urea groups is 1. The molecule has 1 aliphatic carbocycles. The number of carbonyl (C=O) groups is 2. The van der Waals surface area contributed by atoms with Crippen molar-refractivity contribution in [2.75, 3.05) is 18.1 Å². The van der Waals surface area contributed by atoms with Crippen LogP contribution in [-0.4, -0.2) is 48.8 Å². The Hall–Kier alpha value is -1.11. The highest BCUT2D eigenvalue weighted by molar-refractivity contribution is 7.91. The zero-order valence-electron chi connectivity index (χ0n) is 12.7. The molecule has 0 aromatic carbocycles. The molecule has 6 nitrogen and oxygen atoms in total. The van der Waals surface area contributed by atoms with Crippen LogP contribution < -0.4 is 5.32 Å². The smallest absolute Gasteiger partial charge is 0.310 e. The number of rotatable bonds is 5. The molecule has 1 N–H and O–H groups in total. The van der Waals surface area contributed by atoms with E-state index in [1.807, 2.05) is 0 Å². The van der Waals surface area contributed by atoms with Crippen molar-refractivity contribution in [3.63, 3.8) is 0 Å². The Kier molecular flexibility index (Phi) is 4.60. The molecule has 1 saturated carbocycles. The van der Waals surface area contributed by atoms with E-state index in [9.17, 15) is 18.0 Å². The minimum atomic E-state index is -3.04. The normalized spacial score (nSPS) is 30.0. The van der Waals surface area contributed by atoms with Crippen LogP contribution in [0.5, 0.6) is 0 Å². The number of amides is 3. The standard InChI is InChI=1S/C14H24N2O4S/c1-3-21(19,20)9-5-8-16-13(18)15-12(17)14(16)7-4-6-11(2)10-14/h11H,3-10H2,1-2H3,(H,15,17,18). The van der Waals surface area contributed by atoms with Gasteiger partial charge >= 0.3 is 6.03 Å². The zero-order chi connectivity index (χ0) is 15.7. The van der Waals surface area contributed by atoms with Crippen molar-refractivity contribution in [1.29, 1.82) is 0 Å². The quantitative estimate of drug-likeness (QED) is 0.775. The van der Waals surface area contributed by atoms with Gasteiger partial charge in [-0.15, -0.1) is 0 Å². The Balaban J connectivity index is 2.08. The largest absolute Gasteiger partial charge is 0.325 e. The lowest BCUT2D eigenvalue weighted by atomic mass is 9.75. The van der Waals surface area contributed by atoms with Gasteiger partial charge in [-0.1, -0.05) is 26.7 Å². The molecule has 2 unspecified atom stereocenters. The van der Waals surface area contributed by atoms with Gasteiger partial charge < -0.3 is 4.90 Å². The minimum Gasteiger partial charge on any atom is -0.310 e. The average Bonchev–Trinajstić information content (AvgIpc) is 2.63. The molecule has 7 heteroatoms. The SMILES string of the molecule is CCS(=O)(=O)CCCN1C(=O)NC(=O)C12CCCC(C)C2. The Labute approximate surface area is 126 Å². The first kappa shape index (κ1) is 16.3. The number of nitrogens with zero attached hydrogens (tertiary/aromatic N) is 1. The van der Waals surface area contributed by atoms with E-state index >= 15 is 0 Å². The van der Waals surface area contributed by atoms with Crippen molar-refractivity contribution >= 4 is 21.8 Å². The van der Waals surface area contributed by atoms with Crippen LogP contribution in [0.2, 0.25) is 0 Å². The summed E-state index contributed by atoms with van der Waals surface area (Å²) in [5.41, 5.74) is -0.745. The van der Waals surface area contributed by atoms with E-state index in [0.717, 1.165) is 12.8 Å². The van der Waals surface area contributed by atoms with E-state index in [4.69, 9.17) is 0 Å². The molecule has 120 valence electrons. The van der Waals surface area contributed by atoms with E-state index < -0.39 is 15.4 Å². The van der Waals surface area contributed by atoms with E-state index in [1.165, 1.54) is 0 Å². The molecule has 0 aromatic rings. The topological polar surface area (TPSA) is 83.6 Å². The van der Waals surface area contributed by atoms with Crippen molar-refractivity contribution in [3.8, 4) is 0 Å². The maximum Gasteiger partial charge on any atom is 0.325 e. The van der Waals surface area contributed by atoms with Gasteiger partial charge in [-0.25, -0.2) is 13.2 Å². The molecular weight excluding hydrogens is 292 g/mol. The molecule has 0 aromatic heterocycles. The number of nitrogens with one attached hydrogen (secondary N) is 1. The van der Waals surface area contributed by atoms with Crippen LogP contribution in [0, 0.1) is 5.92 Å². The summed E-state index contributed by atoms with van der Waals surface area (Å²) >= 11 is 0. The average molecular weight is 316 g/mol. The highest BCUT2D eigenvalue weighted by Gasteiger charge is 2.53. The van der Waals surface area contributed by atoms with Gasteiger partial charge in [0.1, 0.15) is 15.4 Å². The number of imide groups is 1. The van der Waals surface area contributed by atoms with Crippen molar-refractivity contribution < 1.29 is 18.0 Å². The molecule has 2 fully saturated rings. The first-order valence-electron chi connectivity index (χ1n) is 7.64. The Morgan fingerprint density at radius 1 is 1.38 bits per heavy atom. The third-order valence-corrected chi connectivity index (χ3v) is 6.45. The predicted molar refractivity (Wildman–Crippen MR) is 79.6 cm³/mol. The van der Waals surface area contributed by atoms with Gasteiger partial charge in [0.05, 0.1) is 5.75 Å². The van der Waals surface area contributed by atoms with E-state index in [2.05, 4.69) is 12.2 Å². The van der Waals surface area contributed by atoms with Crippen molar-refractivity contribution in [2.45, 2.75) is 51.5 Å². The summed E-state index contributed by atoms with van der Waals surface area (Å²) in [6, 6.07) is -0.372.